The molecule has 0 amide bonds. The van der Waals surface area contributed by atoms with E-state index in [0.29, 0.717) is 0 Å². The molecular weight excluding hydrogens is 230 g/mol. The van der Waals surface area contributed by atoms with Gasteiger partial charge in [0.05, 0.1) is 13.0 Å². The minimum atomic E-state index is -0.946. The number of benzene rings is 1. The van der Waals surface area contributed by atoms with Gasteiger partial charge >= 0.3 is 5.97 Å². The molecule has 0 bridgehead atoms. The predicted octanol–water partition coefficient (Wildman–Crippen LogP) is 2.84. The summed E-state index contributed by atoms with van der Waals surface area (Å²) in [5.41, 5.74) is -0.618. The Morgan fingerprint density at radius 3 is 2.59 bits per heavy atom. The maximum atomic E-state index is 13.2. The first-order chi connectivity index (χ1) is 7.80. The van der Waals surface area contributed by atoms with Crippen LogP contribution < -0.4 is 4.74 Å². The summed E-state index contributed by atoms with van der Waals surface area (Å²) < 4.78 is 31.0. The molecule has 0 radical (unpaired) electrons. The first-order valence-electron chi connectivity index (χ1n) is 5.10. The molecule has 0 aliphatic rings. The number of halogens is 2. The number of ether oxygens (including phenoxy) is 1. The van der Waals surface area contributed by atoms with E-state index in [9.17, 15) is 13.6 Å². The summed E-state index contributed by atoms with van der Waals surface area (Å²) >= 11 is 0. The third-order valence-corrected chi connectivity index (χ3v) is 2.14. The van der Waals surface area contributed by atoms with Crippen molar-refractivity contribution in [2.45, 2.75) is 20.3 Å². The second kappa shape index (κ2) is 5.12. The largest absolute Gasteiger partial charge is 0.490 e. The monoisotopic (exact) mass is 244 g/mol. The zero-order chi connectivity index (χ0) is 13.1. The van der Waals surface area contributed by atoms with Crippen LogP contribution in [0.15, 0.2) is 18.2 Å². The molecule has 0 heterocycles. The van der Waals surface area contributed by atoms with Crippen LogP contribution in [0.5, 0.6) is 5.75 Å². The fourth-order valence-electron chi connectivity index (χ4n) is 1.33. The lowest BCUT2D eigenvalue weighted by atomic mass is 9.91. The molecule has 1 N–H and O–H groups in total. The molecule has 1 rings (SSSR count). The van der Waals surface area contributed by atoms with Gasteiger partial charge in [-0.25, -0.2) is 8.78 Å². The zero-order valence-electron chi connectivity index (χ0n) is 9.67. The van der Waals surface area contributed by atoms with Crippen LogP contribution >= 0.6 is 0 Å². The summed E-state index contributed by atoms with van der Waals surface area (Å²) in [5.74, 6) is -2.50. The van der Waals surface area contributed by atoms with Gasteiger partial charge in [0, 0.05) is 11.5 Å². The van der Waals surface area contributed by atoms with Gasteiger partial charge in [0.25, 0.3) is 0 Å². The molecule has 0 fully saturated rings. The quantitative estimate of drug-likeness (QED) is 0.866. The molecule has 0 aromatic heterocycles. The summed E-state index contributed by atoms with van der Waals surface area (Å²) in [6, 6.07) is 2.99. The van der Waals surface area contributed by atoms with Gasteiger partial charge in [-0.15, -0.1) is 0 Å². The van der Waals surface area contributed by atoms with Crippen LogP contribution in [0.25, 0.3) is 0 Å². The maximum absolute atomic E-state index is 13.2. The Labute approximate surface area is 98.0 Å². The Balaban J connectivity index is 2.64. The molecule has 94 valence electrons. The lowest BCUT2D eigenvalue weighted by molar-refractivity contribution is -0.139. The molecular formula is C12H14F2O3. The van der Waals surface area contributed by atoms with Crippen molar-refractivity contribution >= 4 is 5.97 Å². The van der Waals surface area contributed by atoms with Crippen molar-refractivity contribution in [2.24, 2.45) is 5.41 Å². The van der Waals surface area contributed by atoms with Gasteiger partial charge in [-0.2, -0.15) is 0 Å². The Morgan fingerprint density at radius 1 is 1.41 bits per heavy atom. The van der Waals surface area contributed by atoms with Crippen LogP contribution in [0.1, 0.15) is 20.3 Å². The highest BCUT2D eigenvalue weighted by Crippen LogP contribution is 2.24. The van der Waals surface area contributed by atoms with Crippen molar-refractivity contribution in [2.75, 3.05) is 6.61 Å². The minimum absolute atomic E-state index is 0.0435. The summed E-state index contributed by atoms with van der Waals surface area (Å²) in [6.07, 6.45) is -0.0875. The second-order valence-corrected chi connectivity index (χ2v) is 4.60. The van der Waals surface area contributed by atoms with Crippen LogP contribution in [-0.2, 0) is 4.79 Å². The third kappa shape index (κ3) is 4.38. The minimum Gasteiger partial charge on any atom is -0.490 e. The SMILES string of the molecule is CC(C)(COc1ccc(F)cc1F)CC(=O)O. The first-order valence-corrected chi connectivity index (χ1v) is 5.10. The number of rotatable bonds is 5. The highest BCUT2D eigenvalue weighted by Gasteiger charge is 2.23. The van der Waals surface area contributed by atoms with Crippen LogP contribution in [0.3, 0.4) is 0 Å². The highest BCUT2D eigenvalue weighted by molar-refractivity contribution is 5.67. The molecule has 3 nitrogen and oxygen atoms in total. The summed E-state index contributed by atoms with van der Waals surface area (Å²) in [5, 5.41) is 8.66. The van der Waals surface area contributed by atoms with E-state index < -0.39 is 23.0 Å². The van der Waals surface area contributed by atoms with E-state index in [4.69, 9.17) is 9.84 Å². The van der Waals surface area contributed by atoms with Crippen LogP contribution in [-0.4, -0.2) is 17.7 Å². The molecule has 0 saturated heterocycles. The van der Waals surface area contributed by atoms with E-state index in [1.54, 1.807) is 13.8 Å². The molecule has 5 heteroatoms. The Hall–Kier alpha value is -1.65. The molecule has 0 unspecified atom stereocenters. The number of aliphatic carboxylic acids is 1. The van der Waals surface area contributed by atoms with Gasteiger partial charge in [0.2, 0.25) is 0 Å². The summed E-state index contributed by atoms with van der Waals surface area (Å²) in [4.78, 5) is 10.6. The van der Waals surface area contributed by atoms with E-state index >= 15 is 0 Å². The van der Waals surface area contributed by atoms with Crippen molar-refractivity contribution in [3.63, 3.8) is 0 Å². The van der Waals surface area contributed by atoms with Crippen molar-refractivity contribution in [1.29, 1.82) is 0 Å². The van der Waals surface area contributed by atoms with Gasteiger partial charge in [-0.1, -0.05) is 13.8 Å². The molecule has 17 heavy (non-hydrogen) atoms. The van der Waals surface area contributed by atoms with Crippen LogP contribution in [0, 0.1) is 17.0 Å². The van der Waals surface area contributed by atoms with Crippen molar-refractivity contribution < 1.29 is 23.4 Å². The Bertz CT molecular complexity index is 416. The van der Waals surface area contributed by atoms with Gasteiger partial charge in [-0.3, -0.25) is 4.79 Å². The van der Waals surface area contributed by atoms with E-state index in [-0.39, 0.29) is 18.8 Å². The standard InChI is InChI=1S/C12H14F2O3/c1-12(2,6-11(15)16)7-17-10-4-3-8(13)5-9(10)14/h3-5H,6-7H2,1-2H3,(H,15,16). The van der Waals surface area contributed by atoms with E-state index in [0.717, 1.165) is 12.1 Å². The fourth-order valence-corrected chi connectivity index (χ4v) is 1.33. The summed E-state index contributed by atoms with van der Waals surface area (Å²) in [6.45, 7) is 3.44. The number of carboxylic acids is 1. The van der Waals surface area contributed by atoms with Crippen LogP contribution in [0.2, 0.25) is 0 Å². The highest BCUT2D eigenvalue weighted by atomic mass is 19.1. The fraction of sp³-hybridized carbons (Fsp3) is 0.417. The normalized spacial score (nSPS) is 11.3. The van der Waals surface area contributed by atoms with Crippen molar-refractivity contribution in [3.05, 3.63) is 29.8 Å². The lowest BCUT2D eigenvalue weighted by Crippen LogP contribution is -2.25. The molecule has 0 spiro atoms. The third-order valence-electron chi connectivity index (χ3n) is 2.14. The molecule has 0 saturated carbocycles. The molecule has 0 aliphatic heterocycles. The topological polar surface area (TPSA) is 46.5 Å². The number of carboxylic acid groups (broad SMARTS) is 1. The average Bonchev–Trinajstić information content (AvgIpc) is 2.14. The van der Waals surface area contributed by atoms with Crippen LogP contribution in [0.4, 0.5) is 8.78 Å². The average molecular weight is 244 g/mol. The number of hydrogen-bond donors (Lipinski definition) is 1. The van der Waals surface area contributed by atoms with Crippen molar-refractivity contribution in [1.82, 2.24) is 0 Å². The molecule has 1 aromatic rings. The van der Waals surface area contributed by atoms with E-state index in [1.807, 2.05) is 0 Å². The Morgan fingerprint density at radius 2 is 2.06 bits per heavy atom. The summed E-state index contributed by atoms with van der Waals surface area (Å²) in [7, 11) is 0. The smallest absolute Gasteiger partial charge is 0.304 e. The molecule has 0 atom stereocenters. The molecule has 0 aliphatic carbocycles. The zero-order valence-corrected chi connectivity index (χ0v) is 9.67. The predicted molar refractivity (Wildman–Crippen MR) is 57.9 cm³/mol. The van der Waals surface area contributed by atoms with Crippen molar-refractivity contribution in [3.8, 4) is 5.75 Å². The maximum Gasteiger partial charge on any atom is 0.304 e. The van der Waals surface area contributed by atoms with Gasteiger partial charge in [0.1, 0.15) is 5.82 Å². The second-order valence-electron chi connectivity index (χ2n) is 4.60. The number of hydrogen-bond acceptors (Lipinski definition) is 2. The van der Waals surface area contributed by atoms with Gasteiger partial charge < -0.3 is 9.84 Å². The van der Waals surface area contributed by atoms with Gasteiger partial charge in [0.15, 0.2) is 11.6 Å². The van der Waals surface area contributed by atoms with Gasteiger partial charge in [-0.05, 0) is 12.1 Å². The first kappa shape index (κ1) is 13.4. The Kier molecular flexibility index (Phi) is 4.04. The number of carbonyl (C=O) groups is 1. The molecule has 1 aromatic carbocycles. The lowest BCUT2D eigenvalue weighted by Gasteiger charge is -2.22. The van der Waals surface area contributed by atoms with E-state index in [2.05, 4.69) is 0 Å². The van der Waals surface area contributed by atoms with E-state index in [1.165, 1.54) is 6.07 Å².